The first-order valence-corrected chi connectivity index (χ1v) is 6.60. The molecule has 5 heteroatoms. The van der Waals surface area contributed by atoms with Crippen LogP contribution in [0.15, 0.2) is 10.8 Å². The van der Waals surface area contributed by atoms with Crippen molar-refractivity contribution in [3.8, 4) is 0 Å². The molecular formula is C12H21BrN4. The summed E-state index contributed by atoms with van der Waals surface area (Å²) in [6.45, 7) is 9.84. The first kappa shape index (κ1) is 14.2. The molecule has 0 saturated heterocycles. The first-order chi connectivity index (χ1) is 7.88. The van der Waals surface area contributed by atoms with E-state index in [0.717, 1.165) is 22.7 Å². The fraction of sp³-hybridized carbons (Fsp3) is 0.667. The third-order valence-corrected chi connectivity index (χ3v) is 4.05. The molecule has 0 bridgehead atoms. The summed E-state index contributed by atoms with van der Waals surface area (Å²) in [4.78, 5) is 8.37. The molecule has 2 N–H and O–H groups in total. The summed E-state index contributed by atoms with van der Waals surface area (Å²) in [5.74, 6) is 2.24. The topological polar surface area (TPSA) is 49.8 Å². The Morgan fingerprint density at radius 3 is 2.41 bits per heavy atom. The number of hydrogen-bond acceptors (Lipinski definition) is 4. The van der Waals surface area contributed by atoms with Crippen molar-refractivity contribution in [2.24, 2.45) is 11.3 Å². The highest BCUT2D eigenvalue weighted by atomic mass is 79.9. The van der Waals surface area contributed by atoms with E-state index in [0.29, 0.717) is 5.92 Å². The third kappa shape index (κ3) is 3.56. The van der Waals surface area contributed by atoms with Crippen LogP contribution in [-0.2, 0) is 0 Å². The summed E-state index contributed by atoms with van der Waals surface area (Å²) in [5.41, 5.74) is 0.226. The van der Waals surface area contributed by atoms with E-state index in [4.69, 9.17) is 0 Å². The van der Waals surface area contributed by atoms with E-state index in [9.17, 15) is 0 Å². The lowest BCUT2D eigenvalue weighted by Crippen LogP contribution is -2.29. The maximum absolute atomic E-state index is 4.24. The van der Waals surface area contributed by atoms with E-state index in [1.807, 2.05) is 7.05 Å². The first-order valence-electron chi connectivity index (χ1n) is 5.80. The SMILES string of the molecule is CNc1ncnc(NCC(C)(C)C(C)C)c1Br. The summed E-state index contributed by atoms with van der Waals surface area (Å²) in [6.07, 6.45) is 1.56. The second kappa shape index (κ2) is 5.67. The van der Waals surface area contributed by atoms with Gasteiger partial charge in [0, 0.05) is 13.6 Å². The normalized spacial score (nSPS) is 11.7. The van der Waals surface area contributed by atoms with Gasteiger partial charge in [0.1, 0.15) is 22.4 Å². The number of hydrogen-bond donors (Lipinski definition) is 2. The van der Waals surface area contributed by atoms with E-state index in [-0.39, 0.29) is 5.41 Å². The molecule has 1 aromatic heterocycles. The highest BCUT2D eigenvalue weighted by Gasteiger charge is 2.22. The summed E-state index contributed by atoms with van der Waals surface area (Å²) in [6, 6.07) is 0. The Morgan fingerprint density at radius 1 is 1.29 bits per heavy atom. The Morgan fingerprint density at radius 2 is 1.88 bits per heavy atom. The van der Waals surface area contributed by atoms with Crippen molar-refractivity contribution in [3.63, 3.8) is 0 Å². The minimum Gasteiger partial charge on any atom is -0.372 e. The molecule has 96 valence electrons. The Balaban J connectivity index is 2.76. The number of halogens is 1. The Kier molecular flexibility index (Phi) is 4.74. The molecule has 1 aromatic rings. The number of aromatic nitrogens is 2. The quantitative estimate of drug-likeness (QED) is 0.875. The summed E-state index contributed by atoms with van der Waals surface area (Å²) in [5, 5.41) is 6.39. The highest BCUT2D eigenvalue weighted by molar-refractivity contribution is 9.10. The molecule has 1 rings (SSSR count). The predicted molar refractivity (Wildman–Crippen MR) is 76.4 cm³/mol. The van der Waals surface area contributed by atoms with Gasteiger partial charge in [-0.15, -0.1) is 0 Å². The van der Waals surface area contributed by atoms with Gasteiger partial charge in [-0.25, -0.2) is 9.97 Å². The fourth-order valence-electron chi connectivity index (χ4n) is 1.18. The van der Waals surface area contributed by atoms with Gasteiger partial charge >= 0.3 is 0 Å². The van der Waals surface area contributed by atoms with Crippen LogP contribution in [0.2, 0.25) is 0 Å². The number of nitrogens with zero attached hydrogens (tertiary/aromatic N) is 2. The van der Waals surface area contributed by atoms with Crippen molar-refractivity contribution in [1.82, 2.24) is 9.97 Å². The second-order valence-corrected chi connectivity index (χ2v) is 5.92. The van der Waals surface area contributed by atoms with Crippen molar-refractivity contribution in [1.29, 1.82) is 0 Å². The molecule has 0 atom stereocenters. The van der Waals surface area contributed by atoms with E-state index in [1.165, 1.54) is 0 Å². The lowest BCUT2D eigenvalue weighted by Gasteiger charge is -2.29. The molecule has 17 heavy (non-hydrogen) atoms. The van der Waals surface area contributed by atoms with Crippen LogP contribution >= 0.6 is 15.9 Å². The highest BCUT2D eigenvalue weighted by Crippen LogP contribution is 2.29. The monoisotopic (exact) mass is 300 g/mol. The zero-order valence-corrected chi connectivity index (χ0v) is 12.7. The molecule has 1 heterocycles. The van der Waals surface area contributed by atoms with E-state index in [1.54, 1.807) is 6.33 Å². The largest absolute Gasteiger partial charge is 0.372 e. The van der Waals surface area contributed by atoms with Gasteiger partial charge in [-0.05, 0) is 27.3 Å². The van der Waals surface area contributed by atoms with Crippen molar-refractivity contribution in [3.05, 3.63) is 10.8 Å². The van der Waals surface area contributed by atoms with Crippen LogP contribution in [0.1, 0.15) is 27.7 Å². The lowest BCUT2D eigenvalue weighted by molar-refractivity contribution is 0.269. The van der Waals surface area contributed by atoms with Crippen LogP contribution in [-0.4, -0.2) is 23.6 Å². The van der Waals surface area contributed by atoms with Crippen LogP contribution in [0.3, 0.4) is 0 Å². The standard InChI is InChI=1S/C12H21BrN4/c1-8(2)12(3,4)6-15-11-9(13)10(14-5)16-7-17-11/h7-8H,6H2,1-5H3,(H2,14,15,16,17). The summed E-state index contributed by atoms with van der Waals surface area (Å²) < 4.78 is 0.877. The molecule has 0 aliphatic rings. The molecule has 4 nitrogen and oxygen atoms in total. The van der Waals surface area contributed by atoms with E-state index >= 15 is 0 Å². The van der Waals surface area contributed by atoms with Crippen LogP contribution in [0.25, 0.3) is 0 Å². The number of anilines is 2. The van der Waals surface area contributed by atoms with Crippen LogP contribution in [0.4, 0.5) is 11.6 Å². The minimum atomic E-state index is 0.226. The molecule has 0 saturated carbocycles. The van der Waals surface area contributed by atoms with Gasteiger partial charge < -0.3 is 10.6 Å². The third-order valence-electron chi connectivity index (χ3n) is 3.30. The number of rotatable bonds is 5. The van der Waals surface area contributed by atoms with Gasteiger partial charge in [0.15, 0.2) is 0 Å². The van der Waals surface area contributed by atoms with Crippen molar-refractivity contribution >= 4 is 27.6 Å². The zero-order chi connectivity index (χ0) is 13.1. The summed E-state index contributed by atoms with van der Waals surface area (Å²) in [7, 11) is 1.84. The molecule has 0 aromatic carbocycles. The Labute approximate surface area is 112 Å². The molecule has 0 spiro atoms. The van der Waals surface area contributed by atoms with Crippen molar-refractivity contribution < 1.29 is 0 Å². The van der Waals surface area contributed by atoms with Gasteiger partial charge in [0.2, 0.25) is 0 Å². The molecule has 0 radical (unpaired) electrons. The number of nitrogens with one attached hydrogen (secondary N) is 2. The molecule has 0 aliphatic heterocycles. The molecular weight excluding hydrogens is 280 g/mol. The van der Waals surface area contributed by atoms with Crippen molar-refractivity contribution in [2.75, 3.05) is 24.2 Å². The predicted octanol–water partition coefficient (Wildman–Crippen LogP) is 3.37. The smallest absolute Gasteiger partial charge is 0.145 e. The second-order valence-electron chi connectivity index (χ2n) is 5.13. The molecule has 0 fully saturated rings. The zero-order valence-electron chi connectivity index (χ0n) is 11.1. The van der Waals surface area contributed by atoms with Gasteiger partial charge in [-0.1, -0.05) is 27.7 Å². The average molecular weight is 301 g/mol. The van der Waals surface area contributed by atoms with Gasteiger partial charge in [-0.3, -0.25) is 0 Å². The molecule has 0 aliphatic carbocycles. The van der Waals surface area contributed by atoms with E-state index in [2.05, 4.69) is 64.2 Å². The fourth-order valence-corrected chi connectivity index (χ4v) is 1.73. The minimum absolute atomic E-state index is 0.226. The maximum Gasteiger partial charge on any atom is 0.145 e. The van der Waals surface area contributed by atoms with Gasteiger partial charge in [-0.2, -0.15) is 0 Å². The Hall–Kier alpha value is -0.840. The molecule has 0 amide bonds. The Bertz CT molecular complexity index is 377. The van der Waals surface area contributed by atoms with Gasteiger partial charge in [0.25, 0.3) is 0 Å². The van der Waals surface area contributed by atoms with Crippen LogP contribution in [0, 0.1) is 11.3 Å². The molecule has 0 unspecified atom stereocenters. The van der Waals surface area contributed by atoms with E-state index < -0.39 is 0 Å². The van der Waals surface area contributed by atoms with Crippen molar-refractivity contribution in [2.45, 2.75) is 27.7 Å². The van der Waals surface area contributed by atoms with Crippen LogP contribution in [0.5, 0.6) is 0 Å². The maximum atomic E-state index is 4.24. The van der Waals surface area contributed by atoms with Crippen LogP contribution < -0.4 is 10.6 Å². The average Bonchev–Trinajstić information content (AvgIpc) is 2.27. The van der Waals surface area contributed by atoms with Gasteiger partial charge in [0.05, 0.1) is 0 Å². The summed E-state index contributed by atoms with van der Waals surface area (Å²) >= 11 is 3.50. The lowest BCUT2D eigenvalue weighted by atomic mass is 9.81.